The van der Waals surface area contributed by atoms with E-state index in [9.17, 15) is 14.4 Å². The molecule has 0 amide bonds. The van der Waals surface area contributed by atoms with Crippen LogP contribution < -0.4 is 5.73 Å². The highest BCUT2D eigenvalue weighted by Crippen LogP contribution is 2.31. The van der Waals surface area contributed by atoms with Gasteiger partial charge in [-0.1, -0.05) is 51.9 Å². The summed E-state index contributed by atoms with van der Waals surface area (Å²) in [5.74, 6) is -1.64. The summed E-state index contributed by atoms with van der Waals surface area (Å²) >= 11 is 0. The number of carbonyl (C=O) groups is 3. The Morgan fingerprint density at radius 3 is 2.48 bits per heavy atom. The number of unbranched alkanes of at least 4 members (excludes halogenated alkanes) is 5. The van der Waals surface area contributed by atoms with Crippen LogP contribution in [-0.2, 0) is 23.9 Å². The summed E-state index contributed by atoms with van der Waals surface area (Å²) in [5, 5.41) is 0. The Bertz CT molecular complexity index is 545. The fourth-order valence-electron chi connectivity index (χ4n) is 4.35. The minimum atomic E-state index is -0.850. The summed E-state index contributed by atoms with van der Waals surface area (Å²) in [6, 6.07) is -1.13. The Morgan fingerprint density at radius 1 is 1.17 bits per heavy atom. The molecule has 0 radical (unpaired) electrons. The Morgan fingerprint density at radius 2 is 1.83 bits per heavy atom. The predicted molar refractivity (Wildman–Crippen MR) is 110 cm³/mol. The van der Waals surface area contributed by atoms with Gasteiger partial charge >= 0.3 is 17.9 Å². The number of rotatable bonds is 12. The molecule has 0 aromatic rings. The van der Waals surface area contributed by atoms with Crippen LogP contribution in [0.2, 0.25) is 0 Å². The monoisotopic (exact) mass is 410 g/mol. The number of cyclic esters (lactones) is 1. The van der Waals surface area contributed by atoms with Crippen LogP contribution in [0.5, 0.6) is 0 Å². The van der Waals surface area contributed by atoms with Crippen LogP contribution in [0.25, 0.3) is 0 Å². The average Bonchev–Trinajstić information content (AvgIpc) is 3.32. The number of carbonyl (C=O) groups excluding carboxylic acids is 3. The standard InChI is InChI=1S/C22H38N2O5/c1-3-4-5-6-7-8-13-18-14-19(22(27)28-18)24(17-11-9-10-12-17)15-20(25)29-21(26)16(2)23/h16-19H,3-15,23H2,1-2H3/t16-,18?,19?/m0/s1. The van der Waals surface area contributed by atoms with Gasteiger partial charge in [0.2, 0.25) is 0 Å². The number of nitrogens with two attached hydrogens (primary N) is 1. The minimum Gasteiger partial charge on any atom is -0.461 e. The molecule has 1 saturated carbocycles. The second-order valence-electron chi connectivity index (χ2n) is 8.56. The average molecular weight is 411 g/mol. The van der Waals surface area contributed by atoms with Crippen molar-refractivity contribution in [2.24, 2.45) is 5.73 Å². The topological polar surface area (TPSA) is 98.9 Å². The minimum absolute atomic E-state index is 0.0768. The molecule has 2 rings (SSSR count). The molecule has 0 aromatic heterocycles. The molecule has 2 N–H and O–H groups in total. The molecule has 29 heavy (non-hydrogen) atoms. The first-order valence-corrected chi connectivity index (χ1v) is 11.4. The van der Waals surface area contributed by atoms with E-state index < -0.39 is 24.0 Å². The summed E-state index contributed by atoms with van der Waals surface area (Å²) in [6.07, 6.45) is 12.7. The van der Waals surface area contributed by atoms with Crippen LogP contribution in [0.1, 0.15) is 90.9 Å². The molecule has 166 valence electrons. The van der Waals surface area contributed by atoms with Gasteiger partial charge in [0, 0.05) is 12.5 Å². The molecule has 0 bridgehead atoms. The van der Waals surface area contributed by atoms with Gasteiger partial charge in [0.25, 0.3) is 0 Å². The number of esters is 3. The largest absolute Gasteiger partial charge is 0.461 e. The smallest absolute Gasteiger partial charge is 0.330 e. The van der Waals surface area contributed by atoms with Gasteiger partial charge in [-0.25, -0.2) is 4.79 Å². The van der Waals surface area contributed by atoms with Crippen molar-refractivity contribution >= 4 is 17.9 Å². The molecular weight excluding hydrogens is 372 g/mol. The second kappa shape index (κ2) is 12.3. The van der Waals surface area contributed by atoms with Crippen molar-refractivity contribution in [1.29, 1.82) is 0 Å². The maximum absolute atomic E-state index is 12.6. The lowest BCUT2D eigenvalue weighted by atomic mass is 10.0. The second-order valence-corrected chi connectivity index (χ2v) is 8.56. The molecule has 3 atom stereocenters. The van der Waals surface area contributed by atoms with E-state index in [1.54, 1.807) is 0 Å². The van der Waals surface area contributed by atoms with Crippen molar-refractivity contribution in [3.63, 3.8) is 0 Å². The molecule has 7 nitrogen and oxygen atoms in total. The van der Waals surface area contributed by atoms with Crippen molar-refractivity contribution in [2.75, 3.05) is 6.54 Å². The van der Waals surface area contributed by atoms with E-state index in [1.807, 2.05) is 4.90 Å². The van der Waals surface area contributed by atoms with Crippen LogP contribution in [0.4, 0.5) is 0 Å². The Balaban J connectivity index is 1.88. The molecule has 0 aromatic carbocycles. The number of hydrogen-bond acceptors (Lipinski definition) is 7. The van der Waals surface area contributed by atoms with E-state index in [0.717, 1.165) is 44.9 Å². The first-order valence-electron chi connectivity index (χ1n) is 11.4. The van der Waals surface area contributed by atoms with Crippen molar-refractivity contribution < 1.29 is 23.9 Å². The van der Waals surface area contributed by atoms with Gasteiger partial charge in [-0.15, -0.1) is 0 Å². The Kier molecular flexibility index (Phi) is 10.1. The van der Waals surface area contributed by atoms with Gasteiger partial charge in [0.15, 0.2) is 0 Å². The highest BCUT2D eigenvalue weighted by atomic mass is 16.6. The highest BCUT2D eigenvalue weighted by Gasteiger charge is 2.42. The zero-order valence-corrected chi connectivity index (χ0v) is 18.1. The first kappa shape index (κ1) is 23.8. The molecule has 2 unspecified atom stereocenters. The predicted octanol–water partition coefficient (Wildman–Crippen LogP) is 3.08. The lowest BCUT2D eigenvalue weighted by Crippen LogP contribution is -2.48. The summed E-state index contributed by atoms with van der Waals surface area (Å²) in [7, 11) is 0. The first-order chi connectivity index (χ1) is 13.9. The van der Waals surface area contributed by atoms with Gasteiger partial charge in [-0.2, -0.15) is 0 Å². The fraction of sp³-hybridized carbons (Fsp3) is 0.864. The van der Waals surface area contributed by atoms with Gasteiger partial charge in [0.05, 0.1) is 6.54 Å². The van der Waals surface area contributed by atoms with E-state index >= 15 is 0 Å². The zero-order chi connectivity index (χ0) is 21.2. The van der Waals surface area contributed by atoms with Gasteiger partial charge < -0.3 is 15.2 Å². The van der Waals surface area contributed by atoms with Crippen LogP contribution in [0.3, 0.4) is 0 Å². The Hall–Kier alpha value is -1.47. The Labute approximate surface area is 174 Å². The molecular formula is C22H38N2O5. The maximum Gasteiger partial charge on any atom is 0.330 e. The quantitative estimate of drug-likeness (QED) is 0.300. The van der Waals surface area contributed by atoms with E-state index in [2.05, 4.69) is 6.92 Å². The number of nitrogens with zero attached hydrogens (tertiary/aromatic N) is 1. The van der Waals surface area contributed by atoms with E-state index in [0.29, 0.717) is 6.42 Å². The van der Waals surface area contributed by atoms with Gasteiger partial charge in [0.1, 0.15) is 18.2 Å². The molecule has 0 spiro atoms. The molecule has 2 fully saturated rings. The van der Waals surface area contributed by atoms with Crippen molar-refractivity contribution in [3.05, 3.63) is 0 Å². The molecule has 2 aliphatic rings. The maximum atomic E-state index is 12.6. The lowest BCUT2D eigenvalue weighted by molar-refractivity contribution is -0.162. The molecule has 1 aliphatic heterocycles. The van der Waals surface area contributed by atoms with E-state index in [-0.39, 0.29) is 24.7 Å². The number of hydrogen-bond donors (Lipinski definition) is 1. The molecule has 1 aliphatic carbocycles. The van der Waals surface area contributed by atoms with Gasteiger partial charge in [-0.3, -0.25) is 14.5 Å². The number of ether oxygens (including phenoxy) is 2. The molecule has 1 heterocycles. The lowest BCUT2D eigenvalue weighted by Gasteiger charge is -2.31. The van der Waals surface area contributed by atoms with Crippen LogP contribution in [0, 0.1) is 0 Å². The van der Waals surface area contributed by atoms with Crippen molar-refractivity contribution in [3.8, 4) is 0 Å². The third kappa shape index (κ3) is 7.70. The fourth-order valence-corrected chi connectivity index (χ4v) is 4.35. The SMILES string of the molecule is CCCCCCCCC1CC(N(CC(=O)OC(=O)[C@H](C)N)C2CCCC2)C(=O)O1. The van der Waals surface area contributed by atoms with Crippen LogP contribution >= 0.6 is 0 Å². The highest BCUT2D eigenvalue weighted by molar-refractivity contribution is 5.89. The van der Waals surface area contributed by atoms with Crippen LogP contribution in [-0.4, -0.2) is 53.6 Å². The third-order valence-electron chi connectivity index (χ3n) is 6.01. The summed E-state index contributed by atoms with van der Waals surface area (Å²) < 4.78 is 10.5. The third-order valence-corrected chi connectivity index (χ3v) is 6.01. The van der Waals surface area contributed by atoms with Crippen LogP contribution in [0.15, 0.2) is 0 Å². The summed E-state index contributed by atoms with van der Waals surface area (Å²) in [6.45, 7) is 3.61. The molecule has 7 heteroatoms. The van der Waals surface area contributed by atoms with E-state index in [4.69, 9.17) is 15.2 Å². The summed E-state index contributed by atoms with van der Waals surface area (Å²) in [4.78, 5) is 38.4. The zero-order valence-electron chi connectivity index (χ0n) is 18.1. The van der Waals surface area contributed by atoms with Crippen molar-refractivity contribution in [2.45, 2.75) is 115 Å². The normalized spacial score (nSPS) is 23.4. The van der Waals surface area contributed by atoms with Gasteiger partial charge in [-0.05, 0) is 32.6 Å². The van der Waals surface area contributed by atoms with Crippen molar-refractivity contribution in [1.82, 2.24) is 4.90 Å². The molecule has 1 saturated heterocycles. The van der Waals surface area contributed by atoms with E-state index in [1.165, 1.54) is 32.6 Å². The summed E-state index contributed by atoms with van der Waals surface area (Å²) in [5.41, 5.74) is 5.47.